The lowest BCUT2D eigenvalue weighted by atomic mass is 10.2. The summed E-state index contributed by atoms with van der Waals surface area (Å²) < 4.78 is 5.60. The zero-order chi connectivity index (χ0) is 15.4. The first-order valence-corrected chi connectivity index (χ1v) is 7.42. The number of rotatable bonds is 5. The average Bonchev–Trinajstić information content (AvgIpc) is 2.59. The lowest BCUT2D eigenvalue weighted by Gasteiger charge is -2.27. The number of anilines is 1. The summed E-state index contributed by atoms with van der Waals surface area (Å²) in [7, 11) is 0. The Hall–Kier alpha value is -1.96. The second-order valence-electron chi connectivity index (χ2n) is 5.23. The molecule has 0 bridgehead atoms. The highest BCUT2D eigenvalue weighted by Gasteiger charge is 2.17. The van der Waals surface area contributed by atoms with Gasteiger partial charge in [-0.15, -0.1) is 0 Å². The molecule has 3 N–H and O–H groups in total. The van der Waals surface area contributed by atoms with Crippen LogP contribution in [-0.2, 0) is 0 Å². The zero-order valence-electron chi connectivity index (χ0n) is 12.3. The molecule has 0 aliphatic carbocycles. The minimum Gasteiger partial charge on any atom is -0.474 e. The normalized spacial score (nSPS) is 16.7. The summed E-state index contributed by atoms with van der Waals surface area (Å²) >= 11 is 0. The SMILES string of the molecule is OCC(O)COc1nc(N2CCNCC2)nc2ccccc12. The highest BCUT2D eigenvalue weighted by molar-refractivity contribution is 5.84. The molecule has 1 atom stereocenters. The van der Waals surface area contributed by atoms with E-state index < -0.39 is 6.10 Å². The van der Waals surface area contributed by atoms with Crippen LogP contribution in [0.2, 0.25) is 0 Å². The molecule has 7 heteroatoms. The van der Waals surface area contributed by atoms with Gasteiger partial charge >= 0.3 is 0 Å². The topological polar surface area (TPSA) is 90.7 Å². The Labute approximate surface area is 128 Å². The number of ether oxygens (including phenoxy) is 1. The molecule has 7 nitrogen and oxygen atoms in total. The molecule has 0 radical (unpaired) electrons. The smallest absolute Gasteiger partial charge is 0.229 e. The van der Waals surface area contributed by atoms with Gasteiger partial charge in [-0.05, 0) is 12.1 Å². The maximum Gasteiger partial charge on any atom is 0.229 e. The number of aliphatic hydroxyl groups is 2. The van der Waals surface area contributed by atoms with E-state index in [9.17, 15) is 5.11 Å². The van der Waals surface area contributed by atoms with Crippen LogP contribution in [-0.4, -0.2) is 65.7 Å². The molecule has 22 heavy (non-hydrogen) atoms. The van der Waals surface area contributed by atoms with Crippen LogP contribution in [0.1, 0.15) is 0 Å². The third-order valence-electron chi connectivity index (χ3n) is 3.58. The lowest BCUT2D eigenvalue weighted by molar-refractivity contribution is 0.0526. The van der Waals surface area contributed by atoms with Gasteiger partial charge in [0.1, 0.15) is 12.7 Å². The van der Waals surface area contributed by atoms with E-state index >= 15 is 0 Å². The van der Waals surface area contributed by atoms with E-state index in [1.165, 1.54) is 0 Å². The van der Waals surface area contributed by atoms with E-state index in [1.54, 1.807) is 0 Å². The molecule has 1 unspecified atom stereocenters. The molecule has 118 valence electrons. The van der Waals surface area contributed by atoms with E-state index in [0.717, 1.165) is 37.1 Å². The van der Waals surface area contributed by atoms with Crippen molar-refractivity contribution < 1.29 is 14.9 Å². The number of hydrogen-bond acceptors (Lipinski definition) is 7. The van der Waals surface area contributed by atoms with Crippen molar-refractivity contribution in [1.29, 1.82) is 0 Å². The number of nitrogens with one attached hydrogen (secondary N) is 1. The molecule has 0 spiro atoms. The molecule has 1 aromatic heterocycles. The molecule has 1 aliphatic heterocycles. The number of benzene rings is 1. The van der Waals surface area contributed by atoms with Gasteiger partial charge in [-0.2, -0.15) is 4.98 Å². The third-order valence-corrected chi connectivity index (χ3v) is 3.58. The van der Waals surface area contributed by atoms with E-state index in [4.69, 9.17) is 9.84 Å². The molecule has 1 fully saturated rings. The molecule has 2 aromatic rings. The summed E-state index contributed by atoms with van der Waals surface area (Å²) in [6.45, 7) is 3.14. The Kier molecular flexibility index (Phi) is 4.67. The number of aromatic nitrogens is 2. The summed E-state index contributed by atoms with van der Waals surface area (Å²) in [6, 6.07) is 7.62. The van der Waals surface area contributed by atoms with Crippen molar-refractivity contribution >= 4 is 16.9 Å². The Morgan fingerprint density at radius 2 is 2.00 bits per heavy atom. The summed E-state index contributed by atoms with van der Waals surface area (Å²) in [4.78, 5) is 11.2. The third kappa shape index (κ3) is 3.27. The van der Waals surface area contributed by atoms with Gasteiger partial charge in [0, 0.05) is 26.2 Å². The van der Waals surface area contributed by atoms with Crippen LogP contribution < -0.4 is 15.0 Å². The van der Waals surface area contributed by atoms with Crippen molar-refractivity contribution in [1.82, 2.24) is 15.3 Å². The first-order chi connectivity index (χ1) is 10.8. The van der Waals surface area contributed by atoms with Crippen LogP contribution in [0.15, 0.2) is 24.3 Å². The Balaban J connectivity index is 1.92. The van der Waals surface area contributed by atoms with E-state index in [0.29, 0.717) is 11.8 Å². The maximum absolute atomic E-state index is 9.47. The predicted molar refractivity (Wildman–Crippen MR) is 83.2 cm³/mol. The summed E-state index contributed by atoms with van der Waals surface area (Å²) in [5, 5.41) is 22.5. The number of fused-ring (bicyclic) bond motifs is 1. The van der Waals surface area contributed by atoms with Crippen LogP contribution in [0, 0.1) is 0 Å². The van der Waals surface area contributed by atoms with E-state index in [-0.39, 0.29) is 13.2 Å². The number of nitrogens with zero attached hydrogens (tertiary/aromatic N) is 3. The molecule has 1 aliphatic rings. The first-order valence-electron chi connectivity index (χ1n) is 7.42. The van der Waals surface area contributed by atoms with Gasteiger partial charge < -0.3 is 25.2 Å². The molecule has 0 saturated carbocycles. The number of hydrogen-bond donors (Lipinski definition) is 3. The maximum atomic E-state index is 9.47. The minimum absolute atomic E-state index is 0.00148. The number of aliphatic hydroxyl groups excluding tert-OH is 2. The van der Waals surface area contributed by atoms with Crippen molar-refractivity contribution in [2.24, 2.45) is 0 Å². The molecule has 3 rings (SSSR count). The average molecular weight is 304 g/mol. The minimum atomic E-state index is -0.920. The van der Waals surface area contributed by atoms with Crippen molar-refractivity contribution in [2.45, 2.75) is 6.10 Å². The van der Waals surface area contributed by atoms with Gasteiger partial charge in [-0.25, -0.2) is 4.98 Å². The molecule has 2 heterocycles. The van der Waals surface area contributed by atoms with Crippen molar-refractivity contribution in [3.63, 3.8) is 0 Å². The standard InChI is InChI=1S/C15H20N4O3/c20-9-11(21)10-22-14-12-3-1-2-4-13(12)17-15(18-14)19-7-5-16-6-8-19/h1-4,11,16,20-21H,5-10H2. The molecule has 1 saturated heterocycles. The zero-order valence-corrected chi connectivity index (χ0v) is 12.3. The lowest BCUT2D eigenvalue weighted by Crippen LogP contribution is -2.44. The Morgan fingerprint density at radius 1 is 1.23 bits per heavy atom. The van der Waals surface area contributed by atoms with Gasteiger partial charge in [0.2, 0.25) is 11.8 Å². The molecule has 0 amide bonds. The van der Waals surface area contributed by atoms with E-state index in [1.807, 2.05) is 24.3 Å². The van der Waals surface area contributed by atoms with Crippen molar-refractivity contribution in [3.8, 4) is 5.88 Å². The second-order valence-corrected chi connectivity index (χ2v) is 5.23. The largest absolute Gasteiger partial charge is 0.474 e. The van der Waals surface area contributed by atoms with Gasteiger partial charge in [0.05, 0.1) is 17.5 Å². The van der Waals surface area contributed by atoms with E-state index in [2.05, 4.69) is 20.2 Å². The number of piperazine rings is 1. The van der Waals surface area contributed by atoms with Crippen LogP contribution in [0.5, 0.6) is 5.88 Å². The molecular weight excluding hydrogens is 284 g/mol. The summed E-state index contributed by atoms with van der Waals surface area (Å²) in [5.41, 5.74) is 0.805. The molecule has 1 aromatic carbocycles. The fourth-order valence-corrected chi connectivity index (χ4v) is 2.38. The highest BCUT2D eigenvalue weighted by atomic mass is 16.5. The fraction of sp³-hybridized carbons (Fsp3) is 0.467. The quantitative estimate of drug-likeness (QED) is 0.703. The van der Waals surface area contributed by atoms with Gasteiger partial charge in [0.25, 0.3) is 0 Å². The van der Waals surface area contributed by atoms with Gasteiger partial charge in [-0.3, -0.25) is 0 Å². The van der Waals surface area contributed by atoms with Crippen LogP contribution in [0.4, 0.5) is 5.95 Å². The Morgan fingerprint density at radius 3 is 2.77 bits per heavy atom. The highest BCUT2D eigenvalue weighted by Crippen LogP contribution is 2.25. The second kappa shape index (κ2) is 6.87. The van der Waals surface area contributed by atoms with Crippen molar-refractivity contribution in [3.05, 3.63) is 24.3 Å². The number of para-hydroxylation sites is 1. The van der Waals surface area contributed by atoms with Crippen LogP contribution in [0.25, 0.3) is 10.9 Å². The predicted octanol–water partition coefficient (Wildman–Crippen LogP) is -0.229. The monoisotopic (exact) mass is 304 g/mol. The fourth-order valence-electron chi connectivity index (χ4n) is 2.38. The van der Waals surface area contributed by atoms with Gasteiger partial charge in [0.15, 0.2) is 0 Å². The van der Waals surface area contributed by atoms with Crippen molar-refractivity contribution in [2.75, 3.05) is 44.3 Å². The van der Waals surface area contributed by atoms with Gasteiger partial charge in [-0.1, -0.05) is 12.1 Å². The summed E-state index contributed by atoms with van der Waals surface area (Å²) in [6.07, 6.45) is -0.920. The first kappa shape index (κ1) is 15.0. The molecular formula is C15H20N4O3. The van der Waals surface area contributed by atoms with Crippen LogP contribution >= 0.6 is 0 Å². The summed E-state index contributed by atoms with van der Waals surface area (Å²) in [5.74, 6) is 1.07. The Bertz CT molecular complexity index is 631. The van der Waals surface area contributed by atoms with Crippen LogP contribution in [0.3, 0.4) is 0 Å².